The highest BCUT2D eigenvalue weighted by Gasteiger charge is 2.23. The first kappa shape index (κ1) is 11.0. The van der Waals surface area contributed by atoms with Crippen LogP contribution in [0.2, 0.25) is 0 Å². The number of ether oxygens (including phenoxy) is 1. The van der Waals surface area contributed by atoms with Crippen LogP contribution in [0.4, 0.5) is 5.69 Å². The standard InChI is InChI=1S/C15H13NO2/c17-14-10-18-15(11-6-2-1-3-7-11)12-8-4-5-9-13(12)16-14/h1-9,15H,10H2,(H,16,17). The van der Waals surface area contributed by atoms with E-state index in [1.54, 1.807) is 0 Å². The van der Waals surface area contributed by atoms with Crippen molar-refractivity contribution < 1.29 is 9.53 Å². The smallest absolute Gasteiger partial charge is 0.250 e. The Balaban J connectivity index is 2.08. The van der Waals surface area contributed by atoms with Gasteiger partial charge in [-0.1, -0.05) is 48.5 Å². The monoisotopic (exact) mass is 239 g/mol. The number of rotatable bonds is 1. The van der Waals surface area contributed by atoms with E-state index in [1.165, 1.54) is 0 Å². The zero-order valence-electron chi connectivity index (χ0n) is 9.80. The van der Waals surface area contributed by atoms with Crippen molar-refractivity contribution >= 4 is 11.6 Å². The van der Waals surface area contributed by atoms with Crippen LogP contribution in [-0.4, -0.2) is 12.5 Å². The molecule has 90 valence electrons. The number of benzene rings is 2. The lowest BCUT2D eigenvalue weighted by Gasteiger charge is -2.17. The van der Waals surface area contributed by atoms with Gasteiger partial charge in [-0.05, 0) is 11.6 Å². The Kier molecular flexibility index (Phi) is 2.82. The van der Waals surface area contributed by atoms with E-state index in [2.05, 4.69) is 5.32 Å². The second kappa shape index (κ2) is 4.63. The number of para-hydroxylation sites is 1. The lowest BCUT2D eigenvalue weighted by atomic mass is 10.00. The van der Waals surface area contributed by atoms with Gasteiger partial charge in [-0.15, -0.1) is 0 Å². The minimum Gasteiger partial charge on any atom is -0.359 e. The molecular formula is C15H13NO2. The SMILES string of the molecule is O=C1COC(c2ccccc2)c2ccccc2N1. The largest absolute Gasteiger partial charge is 0.359 e. The van der Waals surface area contributed by atoms with E-state index in [9.17, 15) is 4.79 Å². The van der Waals surface area contributed by atoms with Gasteiger partial charge in [0.1, 0.15) is 12.7 Å². The molecule has 0 bridgehead atoms. The zero-order valence-corrected chi connectivity index (χ0v) is 9.80. The molecule has 1 N–H and O–H groups in total. The summed E-state index contributed by atoms with van der Waals surface area (Å²) >= 11 is 0. The summed E-state index contributed by atoms with van der Waals surface area (Å²) < 4.78 is 5.72. The van der Waals surface area contributed by atoms with Crippen molar-refractivity contribution in [3.05, 3.63) is 65.7 Å². The van der Waals surface area contributed by atoms with Crippen LogP contribution in [0.15, 0.2) is 54.6 Å². The molecule has 0 aliphatic carbocycles. The lowest BCUT2D eigenvalue weighted by Crippen LogP contribution is -2.15. The summed E-state index contributed by atoms with van der Waals surface area (Å²) in [5.74, 6) is -0.110. The summed E-state index contributed by atoms with van der Waals surface area (Å²) in [7, 11) is 0. The summed E-state index contributed by atoms with van der Waals surface area (Å²) in [4.78, 5) is 11.6. The molecule has 3 nitrogen and oxygen atoms in total. The molecule has 1 aliphatic rings. The zero-order chi connectivity index (χ0) is 12.4. The van der Waals surface area contributed by atoms with E-state index >= 15 is 0 Å². The van der Waals surface area contributed by atoms with Crippen molar-refractivity contribution in [3.63, 3.8) is 0 Å². The van der Waals surface area contributed by atoms with Crippen LogP contribution in [0.1, 0.15) is 17.2 Å². The second-order valence-corrected chi connectivity index (χ2v) is 4.24. The van der Waals surface area contributed by atoms with E-state index in [1.807, 2.05) is 54.6 Å². The average molecular weight is 239 g/mol. The van der Waals surface area contributed by atoms with E-state index in [4.69, 9.17) is 4.74 Å². The van der Waals surface area contributed by atoms with E-state index in [0.29, 0.717) is 0 Å². The van der Waals surface area contributed by atoms with Crippen LogP contribution < -0.4 is 5.32 Å². The number of anilines is 1. The van der Waals surface area contributed by atoms with Crippen molar-refractivity contribution in [2.45, 2.75) is 6.10 Å². The molecule has 0 saturated carbocycles. The van der Waals surface area contributed by atoms with Crippen LogP contribution in [0, 0.1) is 0 Å². The molecular weight excluding hydrogens is 226 g/mol. The van der Waals surface area contributed by atoms with Gasteiger partial charge in [0, 0.05) is 11.3 Å². The van der Waals surface area contributed by atoms with Crippen LogP contribution >= 0.6 is 0 Å². The summed E-state index contributed by atoms with van der Waals surface area (Å²) in [6, 6.07) is 17.7. The first-order valence-corrected chi connectivity index (χ1v) is 5.90. The molecule has 1 unspecified atom stereocenters. The highest BCUT2D eigenvalue weighted by atomic mass is 16.5. The van der Waals surface area contributed by atoms with Gasteiger partial charge in [0.2, 0.25) is 5.91 Å². The Morgan fingerprint density at radius 3 is 2.56 bits per heavy atom. The molecule has 0 saturated heterocycles. The molecule has 1 atom stereocenters. The predicted molar refractivity (Wildman–Crippen MR) is 69.3 cm³/mol. The molecule has 3 heteroatoms. The third-order valence-corrected chi connectivity index (χ3v) is 3.00. The maximum Gasteiger partial charge on any atom is 0.250 e. The summed E-state index contributed by atoms with van der Waals surface area (Å²) in [6.07, 6.45) is -0.193. The molecule has 18 heavy (non-hydrogen) atoms. The van der Waals surface area contributed by atoms with Gasteiger partial charge >= 0.3 is 0 Å². The third kappa shape index (κ3) is 2.00. The maximum absolute atomic E-state index is 11.6. The summed E-state index contributed by atoms with van der Waals surface area (Å²) in [6.45, 7) is 0.0776. The predicted octanol–water partition coefficient (Wildman–Crippen LogP) is 2.74. The van der Waals surface area contributed by atoms with Crippen molar-refractivity contribution in [1.29, 1.82) is 0 Å². The number of nitrogens with one attached hydrogen (secondary N) is 1. The van der Waals surface area contributed by atoms with Gasteiger partial charge in [-0.25, -0.2) is 0 Å². The Morgan fingerprint density at radius 2 is 1.72 bits per heavy atom. The van der Waals surface area contributed by atoms with E-state index < -0.39 is 0 Å². The Bertz CT molecular complexity index is 566. The normalized spacial score (nSPS) is 18.7. The van der Waals surface area contributed by atoms with Crippen LogP contribution in [0.3, 0.4) is 0 Å². The molecule has 3 rings (SSSR count). The summed E-state index contributed by atoms with van der Waals surface area (Å²) in [5, 5.41) is 2.86. The molecule has 0 radical (unpaired) electrons. The number of fused-ring (bicyclic) bond motifs is 1. The van der Waals surface area contributed by atoms with Crippen molar-refractivity contribution in [2.75, 3.05) is 11.9 Å². The van der Waals surface area contributed by atoms with Gasteiger partial charge < -0.3 is 10.1 Å². The van der Waals surface area contributed by atoms with E-state index in [0.717, 1.165) is 16.8 Å². The van der Waals surface area contributed by atoms with Crippen LogP contribution in [-0.2, 0) is 9.53 Å². The molecule has 2 aromatic carbocycles. The lowest BCUT2D eigenvalue weighted by molar-refractivity contribution is -0.121. The van der Waals surface area contributed by atoms with Gasteiger partial charge in [-0.3, -0.25) is 4.79 Å². The fourth-order valence-electron chi connectivity index (χ4n) is 2.18. The van der Waals surface area contributed by atoms with Gasteiger partial charge in [0.05, 0.1) is 0 Å². The second-order valence-electron chi connectivity index (χ2n) is 4.24. The van der Waals surface area contributed by atoms with Gasteiger partial charge in [0.25, 0.3) is 0 Å². The Labute approximate surface area is 105 Å². The quantitative estimate of drug-likeness (QED) is 0.831. The van der Waals surface area contributed by atoms with Crippen molar-refractivity contribution in [2.24, 2.45) is 0 Å². The number of carbonyl (C=O) groups excluding carboxylic acids is 1. The molecule has 1 amide bonds. The first-order valence-electron chi connectivity index (χ1n) is 5.90. The highest BCUT2D eigenvalue weighted by molar-refractivity contribution is 5.93. The molecule has 1 aliphatic heterocycles. The molecule has 1 heterocycles. The van der Waals surface area contributed by atoms with Crippen molar-refractivity contribution in [3.8, 4) is 0 Å². The van der Waals surface area contributed by atoms with Crippen molar-refractivity contribution in [1.82, 2.24) is 0 Å². The molecule has 0 aromatic heterocycles. The molecule has 0 fully saturated rings. The molecule has 2 aromatic rings. The summed E-state index contributed by atoms with van der Waals surface area (Å²) in [5.41, 5.74) is 2.88. The minimum absolute atomic E-state index is 0.0776. The fraction of sp³-hybridized carbons (Fsp3) is 0.133. The average Bonchev–Trinajstić information content (AvgIpc) is 2.58. The maximum atomic E-state index is 11.6. The minimum atomic E-state index is -0.193. The highest BCUT2D eigenvalue weighted by Crippen LogP contribution is 2.33. The number of hydrogen-bond donors (Lipinski definition) is 1. The Morgan fingerprint density at radius 1 is 1.00 bits per heavy atom. The third-order valence-electron chi connectivity index (χ3n) is 3.00. The Hall–Kier alpha value is -2.13. The van der Waals surface area contributed by atoms with Gasteiger partial charge in [0.15, 0.2) is 0 Å². The van der Waals surface area contributed by atoms with Crippen LogP contribution in [0.25, 0.3) is 0 Å². The number of carbonyl (C=O) groups is 1. The van der Waals surface area contributed by atoms with Crippen LogP contribution in [0.5, 0.6) is 0 Å². The number of hydrogen-bond acceptors (Lipinski definition) is 2. The number of amides is 1. The molecule has 0 spiro atoms. The van der Waals surface area contributed by atoms with E-state index in [-0.39, 0.29) is 18.6 Å². The topological polar surface area (TPSA) is 38.3 Å². The van der Waals surface area contributed by atoms with Gasteiger partial charge in [-0.2, -0.15) is 0 Å². The fourth-order valence-corrected chi connectivity index (χ4v) is 2.18. The first-order chi connectivity index (χ1) is 8.84.